The van der Waals surface area contributed by atoms with Gasteiger partial charge in [-0.3, -0.25) is 4.79 Å². The quantitative estimate of drug-likeness (QED) is 0.943. The van der Waals surface area contributed by atoms with Crippen LogP contribution in [0.2, 0.25) is 0 Å². The Morgan fingerprint density at radius 3 is 2.73 bits per heavy atom. The zero-order valence-corrected chi connectivity index (χ0v) is 12.6. The van der Waals surface area contributed by atoms with Gasteiger partial charge >= 0.3 is 0 Å². The average molecular weight is 299 g/mol. The second kappa shape index (κ2) is 7.11. The van der Waals surface area contributed by atoms with Crippen LogP contribution in [0, 0.1) is 0 Å². The number of carbonyl (C=O) groups is 1. The van der Waals surface area contributed by atoms with Crippen LogP contribution in [-0.4, -0.2) is 24.0 Å². The number of aromatic nitrogens is 1. The van der Waals surface area contributed by atoms with E-state index in [9.17, 15) is 4.79 Å². The highest BCUT2D eigenvalue weighted by atomic mass is 16.3. The summed E-state index contributed by atoms with van der Waals surface area (Å²) in [6, 6.07) is 7.31. The molecule has 2 aromatic heterocycles. The van der Waals surface area contributed by atoms with E-state index in [2.05, 4.69) is 15.2 Å². The average Bonchev–Trinajstić information content (AvgIpc) is 2.93. The Kier molecular flexibility index (Phi) is 4.73. The molecule has 5 nitrogen and oxygen atoms in total. The fraction of sp³-hybridized carbons (Fsp3) is 0.412. The maximum Gasteiger partial charge on any atom is 0.255 e. The van der Waals surface area contributed by atoms with E-state index < -0.39 is 0 Å². The highest BCUT2D eigenvalue weighted by molar-refractivity contribution is 5.98. The van der Waals surface area contributed by atoms with Crippen LogP contribution in [0.3, 0.4) is 0 Å². The summed E-state index contributed by atoms with van der Waals surface area (Å²) in [7, 11) is 0. The van der Waals surface area contributed by atoms with Crippen LogP contribution in [0.25, 0.3) is 0 Å². The molecule has 0 bridgehead atoms. The van der Waals surface area contributed by atoms with Gasteiger partial charge in [-0.1, -0.05) is 12.8 Å². The molecule has 3 heterocycles. The van der Waals surface area contributed by atoms with E-state index in [1.165, 1.54) is 12.8 Å². The Labute approximate surface area is 130 Å². The first-order chi connectivity index (χ1) is 10.8. The Morgan fingerprint density at radius 1 is 1.18 bits per heavy atom. The number of anilines is 1. The molecule has 0 unspecified atom stereocenters. The summed E-state index contributed by atoms with van der Waals surface area (Å²) in [5.74, 6) is 1.43. The third-order valence-corrected chi connectivity index (χ3v) is 3.94. The molecular weight excluding hydrogens is 278 g/mol. The maximum atomic E-state index is 12.5. The zero-order chi connectivity index (χ0) is 15.2. The minimum Gasteiger partial charge on any atom is -0.467 e. The number of rotatable bonds is 4. The van der Waals surface area contributed by atoms with E-state index in [-0.39, 0.29) is 5.91 Å². The fourth-order valence-electron chi connectivity index (χ4n) is 2.78. The fourth-order valence-corrected chi connectivity index (χ4v) is 2.78. The van der Waals surface area contributed by atoms with Gasteiger partial charge in [0, 0.05) is 19.3 Å². The predicted molar refractivity (Wildman–Crippen MR) is 84.8 cm³/mol. The normalized spacial score (nSPS) is 15.4. The molecule has 0 saturated carbocycles. The molecular formula is C17H21N3O2. The van der Waals surface area contributed by atoms with Gasteiger partial charge in [0.15, 0.2) is 0 Å². The molecule has 116 valence electrons. The molecule has 2 aromatic rings. The molecule has 0 spiro atoms. The van der Waals surface area contributed by atoms with Crippen LogP contribution in [0.5, 0.6) is 0 Å². The third-order valence-electron chi connectivity index (χ3n) is 3.94. The van der Waals surface area contributed by atoms with Gasteiger partial charge in [0.1, 0.15) is 11.6 Å². The molecule has 22 heavy (non-hydrogen) atoms. The van der Waals surface area contributed by atoms with Crippen molar-refractivity contribution in [3.8, 4) is 0 Å². The molecule has 1 amide bonds. The Bertz CT molecular complexity index is 602. The molecule has 1 fully saturated rings. The molecule has 1 saturated heterocycles. The van der Waals surface area contributed by atoms with Crippen molar-refractivity contribution in [1.29, 1.82) is 0 Å². The van der Waals surface area contributed by atoms with Gasteiger partial charge in [0.05, 0.1) is 18.4 Å². The lowest BCUT2D eigenvalue weighted by Gasteiger charge is -2.23. The van der Waals surface area contributed by atoms with Crippen molar-refractivity contribution in [2.75, 3.05) is 18.0 Å². The highest BCUT2D eigenvalue weighted by Crippen LogP contribution is 2.21. The van der Waals surface area contributed by atoms with E-state index in [0.29, 0.717) is 12.1 Å². The SMILES string of the molecule is O=C(NCc1ccco1)c1cccnc1N1CCCCCC1. The van der Waals surface area contributed by atoms with Gasteiger partial charge < -0.3 is 14.6 Å². The molecule has 5 heteroatoms. The smallest absolute Gasteiger partial charge is 0.255 e. The van der Waals surface area contributed by atoms with E-state index >= 15 is 0 Å². The summed E-state index contributed by atoms with van der Waals surface area (Å²) in [5.41, 5.74) is 0.635. The molecule has 3 rings (SSSR count). The molecule has 0 aromatic carbocycles. The minimum atomic E-state index is -0.108. The Hall–Kier alpha value is -2.30. The number of nitrogens with one attached hydrogen (secondary N) is 1. The van der Waals surface area contributed by atoms with Gasteiger partial charge in [0.25, 0.3) is 5.91 Å². The first kappa shape index (κ1) is 14.6. The molecule has 0 aliphatic carbocycles. The summed E-state index contributed by atoms with van der Waals surface area (Å²) in [4.78, 5) is 19.2. The first-order valence-corrected chi connectivity index (χ1v) is 7.85. The molecule has 1 aliphatic heterocycles. The Balaban J connectivity index is 1.73. The highest BCUT2D eigenvalue weighted by Gasteiger charge is 2.18. The number of hydrogen-bond donors (Lipinski definition) is 1. The third kappa shape index (κ3) is 3.47. The van der Waals surface area contributed by atoms with E-state index in [4.69, 9.17) is 4.42 Å². The molecule has 0 radical (unpaired) electrons. The van der Waals surface area contributed by atoms with Crippen LogP contribution in [0.4, 0.5) is 5.82 Å². The predicted octanol–water partition coefficient (Wildman–Crippen LogP) is 2.99. The van der Waals surface area contributed by atoms with Crippen LogP contribution in [0.15, 0.2) is 41.1 Å². The largest absolute Gasteiger partial charge is 0.467 e. The monoisotopic (exact) mass is 299 g/mol. The lowest BCUT2D eigenvalue weighted by atomic mass is 10.2. The van der Waals surface area contributed by atoms with Crippen molar-refractivity contribution < 1.29 is 9.21 Å². The lowest BCUT2D eigenvalue weighted by molar-refractivity contribution is 0.0948. The Morgan fingerprint density at radius 2 is 2.00 bits per heavy atom. The van der Waals surface area contributed by atoms with E-state index in [1.54, 1.807) is 12.5 Å². The summed E-state index contributed by atoms with van der Waals surface area (Å²) in [6.45, 7) is 2.32. The lowest BCUT2D eigenvalue weighted by Crippen LogP contribution is -2.30. The first-order valence-electron chi connectivity index (χ1n) is 7.85. The second-order valence-corrected chi connectivity index (χ2v) is 5.54. The zero-order valence-electron chi connectivity index (χ0n) is 12.6. The number of amides is 1. The van der Waals surface area contributed by atoms with Crippen molar-refractivity contribution in [3.63, 3.8) is 0 Å². The number of hydrogen-bond acceptors (Lipinski definition) is 4. The number of furan rings is 1. The summed E-state index contributed by atoms with van der Waals surface area (Å²) in [5, 5.41) is 2.90. The molecule has 1 N–H and O–H groups in total. The molecule has 0 atom stereocenters. The van der Waals surface area contributed by atoms with E-state index in [0.717, 1.165) is 37.5 Å². The minimum absolute atomic E-state index is 0.108. The number of nitrogens with zero attached hydrogens (tertiary/aromatic N) is 2. The van der Waals surface area contributed by atoms with Crippen LogP contribution < -0.4 is 10.2 Å². The number of carbonyl (C=O) groups excluding carboxylic acids is 1. The van der Waals surface area contributed by atoms with Gasteiger partial charge in [-0.25, -0.2) is 4.98 Å². The van der Waals surface area contributed by atoms with Gasteiger partial charge in [-0.05, 0) is 37.1 Å². The van der Waals surface area contributed by atoms with Crippen LogP contribution in [0.1, 0.15) is 41.8 Å². The van der Waals surface area contributed by atoms with Crippen molar-refractivity contribution in [2.45, 2.75) is 32.2 Å². The van der Waals surface area contributed by atoms with E-state index in [1.807, 2.05) is 24.3 Å². The summed E-state index contributed by atoms with van der Waals surface area (Å²) < 4.78 is 5.24. The van der Waals surface area contributed by atoms with Crippen molar-refractivity contribution in [1.82, 2.24) is 10.3 Å². The van der Waals surface area contributed by atoms with Gasteiger partial charge in [-0.2, -0.15) is 0 Å². The van der Waals surface area contributed by atoms with Gasteiger partial charge in [-0.15, -0.1) is 0 Å². The maximum absolute atomic E-state index is 12.5. The summed E-state index contributed by atoms with van der Waals surface area (Å²) >= 11 is 0. The van der Waals surface area contributed by atoms with Crippen molar-refractivity contribution in [3.05, 3.63) is 48.0 Å². The van der Waals surface area contributed by atoms with Crippen LogP contribution >= 0.6 is 0 Å². The summed E-state index contributed by atoms with van der Waals surface area (Å²) in [6.07, 6.45) is 8.18. The standard InChI is InChI=1S/C17H21N3O2/c21-17(19-13-14-7-6-12-22-14)15-8-5-9-18-16(15)20-10-3-1-2-4-11-20/h5-9,12H,1-4,10-11,13H2,(H,19,21). The van der Waals surface area contributed by atoms with Crippen LogP contribution in [-0.2, 0) is 6.54 Å². The molecule has 1 aliphatic rings. The number of pyridine rings is 1. The van der Waals surface area contributed by atoms with Crippen molar-refractivity contribution >= 4 is 11.7 Å². The second-order valence-electron chi connectivity index (χ2n) is 5.54. The van der Waals surface area contributed by atoms with Crippen molar-refractivity contribution in [2.24, 2.45) is 0 Å². The topological polar surface area (TPSA) is 58.4 Å². The van der Waals surface area contributed by atoms with Gasteiger partial charge in [0.2, 0.25) is 0 Å².